The molecule has 1 saturated carbocycles. The van der Waals surface area contributed by atoms with Crippen molar-refractivity contribution in [2.24, 2.45) is 0 Å². The summed E-state index contributed by atoms with van der Waals surface area (Å²) in [6.07, 6.45) is 5.43. The quantitative estimate of drug-likeness (QED) is 0.305. The summed E-state index contributed by atoms with van der Waals surface area (Å²) >= 11 is 0. The van der Waals surface area contributed by atoms with E-state index in [0.29, 0.717) is 39.1 Å². The van der Waals surface area contributed by atoms with Gasteiger partial charge in [-0.05, 0) is 69.5 Å². The zero-order chi connectivity index (χ0) is 31.7. The van der Waals surface area contributed by atoms with Crippen molar-refractivity contribution in [1.29, 1.82) is 0 Å². The van der Waals surface area contributed by atoms with E-state index >= 15 is 4.39 Å². The van der Waals surface area contributed by atoms with Crippen LogP contribution in [0.1, 0.15) is 44.2 Å². The topological polar surface area (TPSA) is 135 Å². The van der Waals surface area contributed by atoms with Gasteiger partial charge in [-0.2, -0.15) is 5.10 Å². The van der Waals surface area contributed by atoms with E-state index in [2.05, 4.69) is 32.1 Å². The first kappa shape index (κ1) is 30.4. The molecule has 13 heteroatoms. The lowest BCUT2D eigenvalue weighted by Gasteiger charge is -2.41. The van der Waals surface area contributed by atoms with E-state index in [9.17, 15) is 9.59 Å². The zero-order valence-electron chi connectivity index (χ0n) is 25.7. The molecule has 3 heterocycles. The number of amides is 2. The summed E-state index contributed by atoms with van der Waals surface area (Å²) in [5.74, 6) is -1.33. The highest BCUT2D eigenvalue weighted by Crippen LogP contribution is 2.38. The number of nitrogens with zero attached hydrogens (tertiary/aromatic N) is 7. The van der Waals surface area contributed by atoms with E-state index in [4.69, 9.17) is 15.7 Å². The number of hydroxylamine groups is 1. The van der Waals surface area contributed by atoms with Crippen LogP contribution >= 0.6 is 0 Å². The van der Waals surface area contributed by atoms with Gasteiger partial charge in [0.1, 0.15) is 23.5 Å². The third-order valence-electron chi connectivity index (χ3n) is 8.70. The molecular weight excluding hydrogens is 577 g/mol. The Labute approximate surface area is 260 Å². The number of nitrogen functional groups attached to an aromatic ring is 1. The van der Waals surface area contributed by atoms with Gasteiger partial charge < -0.3 is 20.8 Å². The van der Waals surface area contributed by atoms with Crippen molar-refractivity contribution in [3.63, 3.8) is 0 Å². The van der Waals surface area contributed by atoms with Crippen molar-refractivity contribution in [2.45, 2.75) is 51.6 Å². The van der Waals surface area contributed by atoms with Gasteiger partial charge in [-0.3, -0.25) is 4.90 Å². The monoisotopic (exact) mass is 615 g/mol. The minimum Gasteiger partial charge on any atom is -0.383 e. The van der Waals surface area contributed by atoms with Gasteiger partial charge in [0.2, 0.25) is 0 Å². The fourth-order valence-electron chi connectivity index (χ4n) is 6.35. The van der Waals surface area contributed by atoms with E-state index in [1.165, 1.54) is 18.5 Å². The Balaban J connectivity index is 1.27. The number of aromatic nitrogens is 4. The molecule has 2 amide bonds. The molecule has 2 fully saturated rings. The van der Waals surface area contributed by atoms with Crippen LogP contribution in [0.2, 0.25) is 0 Å². The molecule has 2 aromatic heterocycles. The number of hydrogen-bond acceptors (Lipinski definition) is 9. The number of anilines is 3. The first-order valence-electron chi connectivity index (χ1n) is 15.3. The highest BCUT2D eigenvalue weighted by molar-refractivity contribution is 6.02. The fraction of sp³-hybridized carbons (Fsp3) is 0.406. The number of piperazine rings is 1. The Morgan fingerprint density at radius 3 is 2.44 bits per heavy atom. The number of benzene rings is 2. The maximum Gasteiger partial charge on any atom is 0.360 e. The number of carbonyl (C=O) groups is 2. The molecule has 2 aliphatic rings. The van der Waals surface area contributed by atoms with Crippen LogP contribution in [0.5, 0.6) is 0 Å². The molecule has 0 unspecified atom stereocenters. The highest BCUT2D eigenvalue weighted by Gasteiger charge is 2.31. The fourth-order valence-corrected chi connectivity index (χ4v) is 6.35. The van der Waals surface area contributed by atoms with Gasteiger partial charge in [0, 0.05) is 50.4 Å². The molecule has 1 saturated heterocycles. The summed E-state index contributed by atoms with van der Waals surface area (Å²) < 4.78 is 17.7. The molecule has 0 bridgehead atoms. The van der Waals surface area contributed by atoms with Gasteiger partial charge in [-0.25, -0.2) is 28.6 Å². The molecule has 2 aromatic carbocycles. The Bertz CT molecular complexity index is 1710. The predicted molar refractivity (Wildman–Crippen MR) is 170 cm³/mol. The SMILES string of the molecule is CC(=O)ON(C(=O)Nc1cccc(C)c1)c1ccc(-c2nn(C3CCC(N4CCN(C)CC4)CC3)c3ncnc(N)c23)cc1F. The standard InChI is InChI=1S/C32H38FN9O3/c1-20-5-4-6-23(17-20)37-32(44)42(45-21(2)43)27-12-7-22(18-26(27)33)29-28-30(34)35-19-36-31(28)41(38-29)25-10-8-24(9-11-25)40-15-13-39(3)14-16-40/h4-7,12,17-19,24-25H,8-11,13-16H2,1-3H3,(H,37,44)(H2,34,35,36). The number of fused-ring (bicyclic) bond motifs is 1. The van der Waals surface area contributed by atoms with Crippen molar-refractivity contribution in [1.82, 2.24) is 29.5 Å². The van der Waals surface area contributed by atoms with Crippen LogP contribution in [0.3, 0.4) is 0 Å². The molecule has 1 aliphatic heterocycles. The summed E-state index contributed by atoms with van der Waals surface area (Å²) in [7, 11) is 2.17. The number of nitrogens with two attached hydrogens (primary N) is 1. The smallest absolute Gasteiger partial charge is 0.360 e. The Kier molecular flexibility index (Phi) is 8.63. The molecule has 1 aliphatic carbocycles. The van der Waals surface area contributed by atoms with Gasteiger partial charge in [0.05, 0.1) is 11.4 Å². The number of carbonyl (C=O) groups excluding carboxylic acids is 2. The largest absolute Gasteiger partial charge is 0.383 e. The van der Waals surface area contributed by atoms with Crippen LogP contribution in [0.25, 0.3) is 22.3 Å². The van der Waals surface area contributed by atoms with Crippen LogP contribution in [-0.4, -0.2) is 80.8 Å². The minimum absolute atomic E-state index is 0.119. The summed E-state index contributed by atoms with van der Waals surface area (Å²) in [5, 5.41) is 8.72. The van der Waals surface area contributed by atoms with Crippen LogP contribution < -0.4 is 16.1 Å². The molecule has 0 atom stereocenters. The van der Waals surface area contributed by atoms with E-state index in [-0.39, 0.29) is 17.5 Å². The van der Waals surface area contributed by atoms with Crippen LogP contribution in [0, 0.1) is 12.7 Å². The van der Waals surface area contributed by atoms with Gasteiger partial charge in [0.25, 0.3) is 0 Å². The summed E-state index contributed by atoms with van der Waals surface area (Å²) in [6.45, 7) is 7.38. The lowest BCUT2D eigenvalue weighted by molar-refractivity contribution is -0.141. The molecule has 236 valence electrons. The molecule has 3 N–H and O–H groups in total. The molecule has 4 aromatic rings. The molecule has 6 rings (SSSR count). The zero-order valence-corrected chi connectivity index (χ0v) is 25.7. The number of aryl methyl sites for hydroxylation is 1. The van der Waals surface area contributed by atoms with Gasteiger partial charge in [0.15, 0.2) is 11.5 Å². The van der Waals surface area contributed by atoms with Gasteiger partial charge >= 0.3 is 12.0 Å². The number of rotatable bonds is 5. The minimum atomic E-state index is -0.831. The third-order valence-corrected chi connectivity index (χ3v) is 8.70. The summed E-state index contributed by atoms with van der Waals surface area (Å²) in [4.78, 5) is 43.8. The maximum absolute atomic E-state index is 15.8. The van der Waals surface area contributed by atoms with Gasteiger partial charge in [-0.1, -0.05) is 18.2 Å². The number of halogens is 1. The molecular formula is C32H38FN9O3. The number of nitrogens with one attached hydrogen (secondary N) is 1. The third kappa shape index (κ3) is 6.45. The molecule has 12 nitrogen and oxygen atoms in total. The van der Waals surface area contributed by atoms with Crippen molar-refractivity contribution >= 4 is 40.2 Å². The molecule has 0 spiro atoms. The second-order valence-electron chi connectivity index (χ2n) is 11.9. The Morgan fingerprint density at radius 2 is 1.76 bits per heavy atom. The van der Waals surface area contributed by atoms with E-state index in [0.717, 1.165) is 64.3 Å². The normalized spacial score (nSPS) is 19.4. The first-order chi connectivity index (χ1) is 21.7. The average Bonchev–Trinajstić information content (AvgIpc) is 3.41. The lowest BCUT2D eigenvalue weighted by atomic mass is 9.90. The summed E-state index contributed by atoms with van der Waals surface area (Å²) in [5.41, 5.74) is 8.95. The summed E-state index contributed by atoms with van der Waals surface area (Å²) in [6, 6.07) is 11.1. The van der Waals surface area contributed by atoms with Crippen LogP contribution in [0.15, 0.2) is 48.8 Å². The van der Waals surface area contributed by atoms with Gasteiger partial charge in [-0.15, -0.1) is 5.06 Å². The van der Waals surface area contributed by atoms with Crippen molar-refractivity contribution < 1.29 is 18.8 Å². The van der Waals surface area contributed by atoms with E-state index in [1.807, 2.05) is 17.7 Å². The number of likely N-dealkylation sites (N-methyl/N-ethyl adjacent to an activating group) is 1. The van der Waals surface area contributed by atoms with E-state index < -0.39 is 17.8 Å². The predicted octanol–water partition coefficient (Wildman–Crippen LogP) is 4.77. The van der Waals surface area contributed by atoms with Crippen molar-refractivity contribution in [3.8, 4) is 11.3 Å². The second-order valence-corrected chi connectivity index (χ2v) is 11.9. The van der Waals surface area contributed by atoms with Crippen LogP contribution in [0.4, 0.5) is 26.4 Å². The molecule has 45 heavy (non-hydrogen) atoms. The van der Waals surface area contributed by atoms with E-state index in [1.54, 1.807) is 24.3 Å². The lowest BCUT2D eigenvalue weighted by Crippen LogP contribution is -2.49. The second kappa shape index (κ2) is 12.8. The molecule has 0 radical (unpaired) electrons. The van der Waals surface area contributed by atoms with Crippen molar-refractivity contribution in [2.75, 3.05) is 49.3 Å². The van der Waals surface area contributed by atoms with Crippen LogP contribution in [-0.2, 0) is 9.63 Å². The average molecular weight is 616 g/mol. The van der Waals surface area contributed by atoms with Crippen molar-refractivity contribution in [3.05, 3.63) is 60.2 Å². The first-order valence-corrected chi connectivity index (χ1v) is 15.3. The maximum atomic E-state index is 15.8. The number of urea groups is 1. The Morgan fingerprint density at radius 1 is 1.02 bits per heavy atom. The number of hydrogen-bond donors (Lipinski definition) is 2. The highest BCUT2D eigenvalue weighted by atomic mass is 19.1. The Hall–Kier alpha value is -4.62.